The molecule has 0 amide bonds. The van der Waals surface area contributed by atoms with Crippen molar-refractivity contribution in [3.05, 3.63) is 23.0 Å². The van der Waals surface area contributed by atoms with Gasteiger partial charge in [0.25, 0.3) is 0 Å². The third-order valence-corrected chi connectivity index (χ3v) is 2.21. The van der Waals surface area contributed by atoms with Gasteiger partial charge in [-0.2, -0.15) is 13.2 Å². The molecule has 0 radical (unpaired) electrons. The standard InChI is InChI=1S/C9H7ClF3NO/c10-6-4-14-8(9(11,12)13)3-7(6)15-5-1-2-5/h3-5H,1-2H2. The summed E-state index contributed by atoms with van der Waals surface area (Å²) in [6, 6.07) is 0.834. The molecular weight excluding hydrogens is 231 g/mol. The first-order valence-corrected chi connectivity index (χ1v) is 4.74. The molecular formula is C9H7ClF3NO. The van der Waals surface area contributed by atoms with Crippen molar-refractivity contribution in [3.63, 3.8) is 0 Å². The SMILES string of the molecule is FC(F)(F)c1cc(OC2CC2)c(Cl)cn1. The van der Waals surface area contributed by atoms with Crippen molar-refractivity contribution in [2.75, 3.05) is 0 Å². The zero-order chi connectivity index (χ0) is 11.1. The molecule has 1 aromatic rings. The van der Waals surface area contributed by atoms with Crippen molar-refractivity contribution in [3.8, 4) is 5.75 Å². The molecule has 0 N–H and O–H groups in total. The van der Waals surface area contributed by atoms with Crippen LogP contribution in [0.3, 0.4) is 0 Å². The number of alkyl halides is 3. The maximum absolute atomic E-state index is 12.3. The molecule has 0 atom stereocenters. The Morgan fingerprint density at radius 3 is 2.60 bits per heavy atom. The highest BCUT2D eigenvalue weighted by atomic mass is 35.5. The van der Waals surface area contributed by atoms with Crippen LogP contribution in [-0.2, 0) is 6.18 Å². The van der Waals surface area contributed by atoms with E-state index in [0.29, 0.717) is 0 Å². The fourth-order valence-corrected chi connectivity index (χ4v) is 1.18. The van der Waals surface area contributed by atoms with Gasteiger partial charge in [0.2, 0.25) is 0 Å². The van der Waals surface area contributed by atoms with E-state index in [2.05, 4.69) is 4.98 Å². The van der Waals surface area contributed by atoms with Crippen LogP contribution in [0.1, 0.15) is 18.5 Å². The van der Waals surface area contributed by atoms with Crippen molar-refractivity contribution in [2.45, 2.75) is 25.1 Å². The molecule has 0 aliphatic heterocycles. The molecule has 0 unspecified atom stereocenters. The lowest BCUT2D eigenvalue weighted by molar-refractivity contribution is -0.141. The summed E-state index contributed by atoms with van der Waals surface area (Å²) >= 11 is 5.66. The molecule has 1 heterocycles. The summed E-state index contributed by atoms with van der Waals surface area (Å²) in [5.74, 6) is 0.0569. The van der Waals surface area contributed by atoms with Gasteiger partial charge in [-0.25, -0.2) is 4.98 Å². The molecule has 0 aromatic carbocycles. The number of nitrogens with zero attached hydrogens (tertiary/aromatic N) is 1. The smallest absolute Gasteiger partial charge is 0.433 e. The molecule has 2 nitrogen and oxygen atoms in total. The van der Waals surface area contributed by atoms with E-state index in [-0.39, 0.29) is 16.9 Å². The highest BCUT2D eigenvalue weighted by molar-refractivity contribution is 6.31. The Balaban J connectivity index is 2.27. The number of pyridine rings is 1. The first-order chi connectivity index (χ1) is 6.97. The van der Waals surface area contributed by atoms with Crippen molar-refractivity contribution >= 4 is 11.6 Å². The van der Waals surface area contributed by atoms with Gasteiger partial charge >= 0.3 is 6.18 Å². The normalized spacial score (nSPS) is 16.5. The van der Waals surface area contributed by atoms with Crippen LogP contribution in [0.25, 0.3) is 0 Å². The number of rotatable bonds is 2. The van der Waals surface area contributed by atoms with Crippen LogP contribution in [-0.4, -0.2) is 11.1 Å². The van der Waals surface area contributed by atoms with Gasteiger partial charge in [-0.15, -0.1) is 0 Å². The Bertz CT molecular complexity index is 376. The first kappa shape index (κ1) is 10.5. The van der Waals surface area contributed by atoms with Gasteiger partial charge < -0.3 is 4.74 Å². The average Bonchev–Trinajstić information content (AvgIpc) is 2.90. The number of hydrogen-bond acceptors (Lipinski definition) is 2. The van der Waals surface area contributed by atoms with Crippen LogP contribution >= 0.6 is 11.6 Å². The molecule has 1 aromatic heterocycles. The Hall–Kier alpha value is -0.970. The second kappa shape index (κ2) is 3.56. The Labute approximate surface area is 89.0 Å². The van der Waals surface area contributed by atoms with E-state index in [4.69, 9.17) is 16.3 Å². The third kappa shape index (κ3) is 2.53. The number of ether oxygens (including phenoxy) is 1. The molecule has 0 bridgehead atoms. The quantitative estimate of drug-likeness (QED) is 0.787. The van der Waals surface area contributed by atoms with Gasteiger partial charge in [0, 0.05) is 12.3 Å². The van der Waals surface area contributed by atoms with E-state index in [0.717, 1.165) is 25.1 Å². The van der Waals surface area contributed by atoms with E-state index in [1.807, 2.05) is 0 Å². The average molecular weight is 238 g/mol. The molecule has 0 spiro atoms. The van der Waals surface area contributed by atoms with E-state index < -0.39 is 11.9 Å². The summed E-state index contributed by atoms with van der Waals surface area (Å²) in [5, 5.41) is 0.106. The maximum atomic E-state index is 12.3. The predicted octanol–water partition coefficient (Wildman–Crippen LogP) is 3.30. The van der Waals surface area contributed by atoms with E-state index in [1.165, 1.54) is 0 Å². The van der Waals surface area contributed by atoms with Crippen LogP contribution in [0.2, 0.25) is 5.02 Å². The van der Waals surface area contributed by atoms with Crippen LogP contribution in [0, 0.1) is 0 Å². The molecule has 15 heavy (non-hydrogen) atoms. The van der Waals surface area contributed by atoms with E-state index in [1.54, 1.807) is 0 Å². The molecule has 1 saturated carbocycles. The zero-order valence-electron chi connectivity index (χ0n) is 7.51. The molecule has 82 valence electrons. The number of halogens is 4. The zero-order valence-corrected chi connectivity index (χ0v) is 8.27. The summed E-state index contributed by atoms with van der Waals surface area (Å²) in [6.45, 7) is 0. The van der Waals surface area contributed by atoms with Gasteiger partial charge in [0.1, 0.15) is 16.5 Å². The van der Waals surface area contributed by atoms with E-state index >= 15 is 0 Å². The number of hydrogen-bond donors (Lipinski definition) is 0. The summed E-state index contributed by atoms with van der Waals surface area (Å²) in [5.41, 5.74) is -0.984. The summed E-state index contributed by atoms with van der Waals surface area (Å²) < 4.78 is 42.1. The Morgan fingerprint density at radius 2 is 2.07 bits per heavy atom. The Kier molecular flexibility index (Phi) is 2.50. The van der Waals surface area contributed by atoms with Gasteiger partial charge in [-0.3, -0.25) is 0 Å². The van der Waals surface area contributed by atoms with Crippen LogP contribution in [0.15, 0.2) is 12.3 Å². The minimum absolute atomic E-state index is 0.00554. The summed E-state index contributed by atoms with van der Waals surface area (Å²) in [6.07, 6.45) is -1.78. The van der Waals surface area contributed by atoms with Crippen LogP contribution < -0.4 is 4.74 Å². The molecule has 2 rings (SSSR count). The topological polar surface area (TPSA) is 22.1 Å². The molecule has 0 saturated heterocycles. The van der Waals surface area contributed by atoms with Gasteiger partial charge in [-0.1, -0.05) is 11.6 Å². The second-order valence-corrected chi connectivity index (χ2v) is 3.72. The molecule has 1 fully saturated rings. The lowest BCUT2D eigenvalue weighted by atomic mass is 10.3. The minimum Gasteiger partial charge on any atom is -0.489 e. The van der Waals surface area contributed by atoms with Crippen LogP contribution in [0.5, 0.6) is 5.75 Å². The molecule has 1 aliphatic carbocycles. The lowest BCUT2D eigenvalue weighted by Crippen LogP contribution is -2.08. The third-order valence-electron chi connectivity index (χ3n) is 1.93. The van der Waals surface area contributed by atoms with Crippen LogP contribution in [0.4, 0.5) is 13.2 Å². The Morgan fingerprint density at radius 1 is 1.40 bits per heavy atom. The predicted molar refractivity (Wildman–Crippen MR) is 47.9 cm³/mol. The summed E-state index contributed by atoms with van der Waals surface area (Å²) in [7, 11) is 0. The second-order valence-electron chi connectivity index (χ2n) is 3.31. The number of aromatic nitrogens is 1. The van der Waals surface area contributed by atoms with Crippen molar-refractivity contribution in [2.24, 2.45) is 0 Å². The van der Waals surface area contributed by atoms with Crippen molar-refractivity contribution in [1.29, 1.82) is 0 Å². The first-order valence-electron chi connectivity index (χ1n) is 4.36. The molecule has 1 aliphatic rings. The summed E-state index contributed by atoms with van der Waals surface area (Å²) in [4.78, 5) is 3.20. The van der Waals surface area contributed by atoms with Gasteiger partial charge in [0.05, 0.1) is 6.10 Å². The van der Waals surface area contributed by atoms with Gasteiger partial charge in [0.15, 0.2) is 0 Å². The van der Waals surface area contributed by atoms with Gasteiger partial charge in [-0.05, 0) is 12.8 Å². The highest BCUT2D eigenvalue weighted by Gasteiger charge is 2.34. The van der Waals surface area contributed by atoms with E-state index in [9.17, 15) is 13.2 Å². The minimum atomic E-state index is -4.47. The highest BCUT2D eigenvalue weighted by Crippen LogP contribution is 2.35. The molecule has 6 heteroatoms. The fraction of sp³-hybridized carbons (Fsp3) is 0.444. The fourth-order valence-electron chi connectivity index (χ4n) is 1.03. The lowest BCUT2D eigenvalue weighted by Gasteiger charge is -2.10. The maximum Gasteiger partial charge on any atom is 0.433 e. The van der Waals surface area contributed by atoms with Crippen molar-refractivity contribution in [1.82, 2.24) is 4.98 Å². The van der Waals surface area contributed by atoms with Crippen molar-refractivity contribution < 1.29 is 17.9 Å². The monoisotopic (exact) mass is 237 g/mol. The largest absolute Gasteiger partial charge is 0.489 e.